The van der Waals surface area contributed by atoms with Gasteiger partial charge in [-0.15, -0.1) is 0 Å². The molecule has 3 aliphatic heterocycles. The van der Waals surface area contributed by atoms with E-state index >= 15 is 0 Å². The number of hydrogen-bond acceptors (Lipinski definition) is 4. The molecule has 3 aliphatic rings. The first kappa shape index (κ1) is 21.9. The minimum atomic E-state index is -0.681. The maximum Gasteiger partial charge on any atom is 0.415 e. The molecule has 1 atom stereocenters. The van der Waals surface area contributed by atoms with Crippen LogP contribution in [0, 0.1) is 18.2 Å². The average Bonchev–Trinajstić information content (AvgIpc) is 3.38. The SMILES string of the molecule is Cc1ccc(N2C[C@@]3(CCN(C(=O)C4(Cc5ccc(F)cc5)CCOCC4)C3)OC2=O)cc1. The minimum absolute atomic E-state index is 0.0804. The molecule has 0 radical (unpaired) electrons. The number of benzene rings is 2. The van der Waals surface area contributed by atoms with Crippen LogP contribution in [0.2, 0.25) is 0 Å². The molecule has 0 bridgehead atoms. The van der Waals surface area contributed by atoms with Gasteiger partial charge in [-0.1, -0.05) is 29.8 Å². The fourth-order valence-electron chi connectivity index (χ4n) is 5.33. The van der Waals surface area contributed by atoms with Crippen LogP contribution in [-0.2, 0) is 20.7 Å². The number of aryl methyl sites for hydroxylation is 1. The molecule has 174 valence electrons. The summed E-state index contributed by atoms with van der Waals surface area (Å²) in [6.45, 7) is 4.45. The molecule has 0 unspecified atom stereocenters. The Morgan fingerprint density at radius 2 is 1.70 bits per heavy atom. The van der Waals surface area contributed by atoms with Crippen LogP contribution in [0.25, 0.3) is 0 Å². The van der Waals surface area contributed by atoms with Crippen molar-refractivity contribution in [3.63, 3.8) is 0 Å². The highest BCUT2D eigenvalue weighted by atomic mass is 19.1. The van der Waals surface area contributed by atoms with E-state index in [0.29, 0.717) is 58.5 Å². The van der Waals surface area contributed by atoms with Crippen molar-refractivity contribution in [3.8, 4) is 0 Å². The van der Waals surface area contributed by atoms with Crippen LogP contribution in [0.15, 0.2) is 48.5 Å². The minimum Gasteiger partial charge on any atom is -0.439 e. The first-order chi connectivity index (χ1) is 15.9. The predicted molar refractivity (Wildman–Crippen MR) is 122 cm³/mol. The summed E-state index contributed by atoms with van der Waals surface area (Å²) in [4.78, 5) is 30.1. The summed E-state index contributed by atoms with van der Waals surface area (Å²) >= 11 is 0. The van der Waals surface area contributed by atoms with Crippen LogP contribution < -0.4 is 4.90 Å². The number of ether oxygens (including phenoxy) is 2. The van der Waals surface area contributed by atoms with Gasteiger partial charge in [-0.05, 0) is 56.0 Å². The molecular weight excluding hydrogens is 423 g/mol. The van der Waals surface area contributed by atoms with E-state index in [1.807, 2.05) is 36.1 Å². The molecule has 2 aromatic carbocycles. The third-order valence-corrected chi connectivity index (χ3v) is 7.28. The van der Waals surface area contributed by atoms with Crippen molar-refractivity contribution in [2.24, 2.45) is 5.41 Å². The highest BCUT2D eigenvalue weighted by molar-refractivity contribution is 5.91. The van der Waals surface area contributed by atoms with Crippen molar-refractivity contribution < 1.29 is 23.5 Å². The Morgan fingerprint density at radius 1 is 1.00 bits per heavy atom. The summed E-state index contributed by atoms with van der Waals surface area (Å²) in [5.74, 6) is -0.203. The van der Waals surface area contributed by atoms with E-state index in [1.54, 1.807) is 17.0 Å². The van der Waals surface area contributed by atoms with E-state index in [1.165, 1.54) is 12.1 Å². The number of amides is 2. The summed E-state index contributed by atoms with van der Waals surface area (Å²) in [7, 11) is 0. The number of rotatable bonds is 4. The van der Waals surface area contributed by atoms with Crippen molar-refractivity contribution in [3.05, 3.63) is 65.5 Å². The van der Waals surface area contributed by atoms with Crippen molar-refractivity contribution in [1.82, 2.24) is 4.90 Å². The lowest BCUT2D eigenvalue weighted by Crippen LogP contribution is -2.49. The Labute approximate surface area is 193 Å². The van der Waals surface area contributed by atoms with Gasteiger partial charge in [-0.2, -0.15) is 0 Å². The van der Waals surface area contributed by atoms with E-state index in [0.717, 1.165) is 16.8 Å². The number of halogens is 1. The normalized spacial score (nSPS) is 24.4. The van der Waals surface area contributed by atoms with Gasteiger partial charge in [0, 0.05) is 31.9 Å². The zero-order valence-corrected chi connectivity index (χ0v) is 18.9. The summed E-state index contributed by atoms with van der Waals surface area (Å²) in [5, 5.41) is 0. The summed E-state index contributed by atoms with van der Waals surface area (Å²) in [5.41, 5.74) is 1.62. The fourth-order valence-corrected chi connectivity index (χ4v) is 5.33. The molecule has 3 heterocycles. The maximum absolute atomic E-state index is 13.8. The van der Waals surface area contributed by atoms with Gasteiger partial charge in [0.15, 0.2) is 5.60 Å². The Morgan fingerprint density at radius 3 is 2.39 bits per heavy atom. The molecule has 0 N–H and O–H groups in total. The molecule has 7 heteroatoms. The standard InChI is InChI=1S/C26H29FN2O4/c1-19-2-8-22(9-3-19)29-18-26(33-24(29)31)10-13-28(17-26)23(30)25(11-14-32-15-12-25)16-20-4-6-21(27)7-5-20/h2-9H,10-18H2,1H3/t26-/m0/s1. The number of carbonyl (C=O) groups excluding carboxylic acids is 2. The second kappa shape index (κ2) is 8.45. The first-order valence-corrected chi connectivity index (χ1v) is 11.6. The lowest BCUT2D eigenvalue weighted by molar-refractivity contribution is -0.147. The number of carbonyl (C=O) groups is 2. The summed E-state index contributed by atoms with van der Waals surface area (Å²) < 4.78 is 24.8. The first-order valence-electron chi connectivity index (χ1n) is 11.6. The van der Waals surface area contributed by atoms with Crippen molar-refractivity contribution >= 4 is 17.7 Å². The monoisotopic (exact) mass is 452 g/mol. The lowest BCUT2D eigenvalue weighted by Gasteiger charge is -2.39. The van der Waals surface area contributed by atoms with E-state index in [9.17, 15) is 14.0 Å². The molecule has 0 aliphatic carbocycles. The van der Waals surface area contributed by atoms with Crippen molar-refractivity contribution in [2.75, 3.05) is 37.7 Å². The predicted octanol–water partition coefficient (Wildman–Crippen LogP) is 4.10. The van der Waals surface area contributed by atoms with E-state index in [-0.39, 0.29) is 17.8 Å². The highest BCUT2D eigenvalue weighted by Crippen LogP contribution is 2.41. The lowest BCUT2D eigenvalue weighted by atomic mass is 9.74. The zero-order valence-electron chi connectivity index (χ0n) is 18.9. The van der Waals surface area contributed by atoms with Gasteiger partial charge in [-0.3, -0.25) is 9.69 Å². The largest absolute Gasteiger partial charge is 0.439 e. The molecular formula is C26H29FN2O4. The van der Waals surface area contributed by atoms with Crippen molar-refractivity contribution in [1.29, 1.82) is 0 Å². The molecule has 5 rings (SSSR count). The van der Waals surface area contributed by atoms with Gasteiger partial charge in [0.2, 0.25) is 5.91 Å². The third kappa shape index (κ3) is 4.22. The van der Waals surface area contributed by atoms with Crippen LogP contribution in [-0.4, -0.2) is 55.3 Å². The van der Waals surface area contributed by atoms with Gasteiger partial charge in [0.1, 0.15) is 5.82 Å². The van der Waals surface area contributed by atoms with Gasteiger partial charge < -0.3 is 14.4 Å². The zero-order chi connectivity index (χ0) is 23.1. The van der Waals surface area contributed by atoms with Crippen molar-refractivity contribution in [2.45, 2.75) is 38.2 Å². The Balaban J connectivity index is 1.33. The topological polar surface area (TPSA) is 59.1 Å². The summed E-state index contributed by atoms with van der Waals surface area (Å²) in [6.07, 6.45) is 2.06. The Kier molecular flexibility index (Phi) is 5.60. The number of nitrogens with zero attached hydrogens (tertiary/aromatic N) is 2. The second-order valence-corrected chi connectivity index (χ2v) is 9.65. The fraction of sp³-hybridized carbons (Fsp3) is 0.462. The van der Waals surface area contributed by atoms with Gasteiger partial charge in [-0.25, -0.2) is 9.18 Å². The highest BCUT2D eigenvalue weighted by Gasteiger charge is 2.53. The van der Waals surface area contributed by atoms with E-state index in [4.69, 9.17) is 9.47 Å². The van der Waals surface area contributed by atoms with E-state index < -0.39 is 11.0 Å². The van der Waals surface area contributed by atoms with Crippen LogP contribution in [0.5, 0.6) is 0 Å². The molecule has 2 amide bonds. The smallest absolute Gasteiger partial charge is 0.415 e. The molecule has 1 spiro atoms. The number of likely N-dealkylation sites (tertiary alicyclic amines) is 1. The Bertz CT molecular complexity index is 1030. The molecule has 3 saturated heterocycles. The van der Waals surface area contributed by atoms with Crippen LogP contribution >= 0.6 is 0 Å². The molecule has 33 heavy (non-hydrogen) atoms. The molecule has 2 aromatic rings. The second-order valence-electron chi connectivity index (χ2n) is 9.65. The van der Waals surface area contributed by atoms with Crippen LogP contribution in [0.1, 0.15) is 30.4 Å². The van der Waals surface area contributed by atoms with Crippen LogP contribution in [0.4, 0.5) is 14.9 Å². The summed E-state index contributed by atoms with van der Waals surface area (Å²) in [6, 6.07) is 14.2. The van der Waals surface area contributed by atoms with Gasteiger partial charge >= 0.3 is 6.09 Å². The maximum atomic E-state index is 13.8. The Hall–Kier alpha value is -2.93. The number of anilines is 1. The molecule has 6 nitrogen and oxygen atoms in total. The molecule has 0 saturated carbocycles. The number of hydrogen-bond donors (Lipinski definition) is 0. The van der Waals surface area contributed by atoms with Crippen LogP contribution in [0.3, 0.4) is 0 Å². The molecule has 3 fully saturated rings. The van der Waals surface area contributed by atoms with Gasteiger partial charge in [0.05, 0.1) is 18.5 Å². The average molecular weight is 453 g/mol. The van der Waals surface area contributed by atoms with Gasteiger partial charge in [0.25, 0.3) is 0 Å². The molecule has 0 aromatic heterocycles. The third-order valence-electron chi connectivity index (χ3n) is 7.28. The quantitative estimate of drug-likeness (QED) is 0.701. The van der Waals surface area contributed by atoms with E-state index in [2.05, 4.69) is 0 Å².